The molecule has 29 heavy (non-hydrogen) atoms. The first-order valence-corrected chi connectivity index (χ1v) is 9.19. The number of nitrogens with zero attached hydrogens (tertiary/aromatic N) is 2. The van der Waals surface area contributed by atoms with Gasteiger partial charge in [0.1, 0.15) is 17.9 Å². The van der Waals surface area contributed by atoms with Gasteiger partial charge in [-0.25, -0.2) is 4.79 Å². The van der Waals surface area contributed by atoms with E-state index in [0.717, 1.165) is 0 Å². The smallest absolute Gasteiger partial charge is 0.407 e. The normalized spacial score (nSPS) is 20.0. The largest absolute Gasteiger partial charge is 0.444 e. The van der Waals surface area contributed by atoms with Gasteiger partial charge in [0.25, 0.3) is 5.91 Å². The van der Waals surface area contributed by atoms with E-state index in [1.54, 1.807) is 6.07 Å². The Kier molecular flexibility index (Phi) is 8.16. The lowest BCUT2D eigenvalue weighted by atomic mass is 10.1. The molecule has 1 fully saturated rings. The predicted molar refractivity (Wildman–Crippen MR) is 107 cm³/mol. The number of hydrogen-bond acceptors (Lipinski definition) is 8. The van der Waals surface area contributed by atoms with Crippen LogP contribution in [0.2, 0.25) is 0 Å². The number of rotatable bonds is 8. The fraction of sp³-hybridized carbons (Fsp3) is 0.556. The van der Waals surface area contributed by atoms with Crippen LogP contribution in [0.4, 0.5) is 10.6 Å². The molecule has 1 aliphatic heterocycles. The summed E-state index contributed by atoms with van der Waals surface area (Å²) in [4.78, 5) is 28.0. The minimum absolute atomic E-state index is 0.00404. The second kappa shape index (κ2) is 10.6. The second-order valence-electron chi connectivity index (χ2n) is 6.81. The Morgan fingerprint density at radius 2 is 2.28 bits per heavy atom. The number of H-pyrrole nitrogens is 1. The van der Waals surface area contributed by atoms with Crippen molar-refractivity contribution in [2.45, 2.75) is 38.5 Å². The van der Waals surface area contributed by atoms with Crippen molar-refractivity contribution in [3.63, 3.8) is 0 Å². The highest BCUT2D eigenvalue weighted by Crippen LogP contribution is 2.30. The van der Waals surface area contributed by atoms with Crippen molar-refractivity contribution < 1.29 is 23.8 Å². The number of ether oxygens (including phenoxy) is 3. The Bertz CT molecular complexity index is 773. The molecule has 0 saturated carbocycles. The van der Waals surface area contributed by atoms with Crippen LogP contribution in [0.3, 0.4) is 0 Å². The van der Waals surface area contributed by atoms with Crippen LogP contribution in [0.1, 0.15) is 32.1 Å². The summed E-state index contributed by atoms with van der Waals surface area (Å²) in [6.07, 6.45) is 0.781. The number of carbonyl (C=O) groups is 2. The van der Waals surface area contributed by atoms with Crippen molar-refractivity contribution in [2.24, 2.45) is 10.7 Å². The Morgan fingerprint density at radius 1 is 1.52 bits per heavy atom. The second-order valence-corrected chi connectivity index (χ2v) is 6.81. The quantitative estimate of drug-likeness (QED) is 0.466. The molecule has 11 heteroatoms. The van der Waals surface area contributed by atoms with Crippen molar-refractivity contribution in [3.8, 4) is 0 Å². The Morgan fingerprint density at radius 3 is 2.93 bits per heavy atom. The minimum atomic E-state index is -0.473. The third kappa shape index (κ3) is 6.88. The highest BCUT2D eigenvalue weighted by molar-refractivity contribution is 6.47. The molecule has 0 bridgehead atoms. The van der Waals surface area contributed by atoms with Crippen LogP contribution >= 0.6 is 0 Å². The first-order chi connectivity index (χ1) is 13.8. The lowest BCUT2D eigenvalue weighted by Crippen LogP contribution is -2.33. The molecule has 1 saturated heterocycles. The molecular weight excluding hydrogens is 380 g/mol. The first-order valence-electron chi connectivity index (χ1n) is 9.19. The van der Waals surface area contributed by atoms with Gasteiger partial charge in [-0.1, -0.05) is 0 Å². The van der Waals surface area contributed by atoms with E-state index in [2.05, 4.69) is 25.8 Å². The average molecular weight is 408 g/mol. The summed E-state index contributed by atoms with van der Waals surface area (Å²) in [6.45, 7) is 4.18. The van der Waals surface area contributed by atoms with E-state index in [-0.39, 0.29) is 37.2 Å². The van der Waals surface area contributed by atoms with Gasteiger partial charge in [0.2, 0.25) is 0 Å². The summed E-state index contributed by atoms with van der Waals surface area (Å²) in [7, 11) is 3.00. The van der Waals surface area contributed by atoms with Gasteiger partial charge in [-0.2, -0.15) is 5.10 Å². The van der Waals surface area contributed by atoms with Crippen LogP contribution in [0, 0.1) is 0 Å². The third-order valence-corrected chi connectivity index (χ3v) is 3.93. The number of nitrogens with one attached hydrogen (secondary N) is 3. The molecule has 2 heterocycles. The van der Waals surface area contributed by atoms with E-state index < -0.39 is 12.0 Å². The summed E-state index contributed by atoms with van der Waals surface area (Å²) in [6, 6.07) is 1.66. The molecule has 2 atom stereocenters. The zero-order valence-electron chi connectivity index (χ0n) is 17.0. The van der Waals surface area contributed by atoms with E-state index in [1.807, 2.05) is 13.8 Å². The highest BCUT2D eigenvalue weighted by atomic mass is 16.6. The Hall–Kier alpha value is -2.92. The maximum absolute atomic E-state index is 12.3. The summed E-state index contributed by atoms with van der Waals surface area (Å²) >= 11 is 0. The molecule has 0 spiro atoms. The van der Waals surface area contributed by atoms with Gasteiger partial charge in [-0.3, -0.25) is 14.9 Å². The number of aliphatic imine (C=N–C) groups is 1. The van der Waals surface area contributed by atoms with Gasteiger partial charge in [-0.05, 0) is 19.9 Å². The van der Waals surface area contributed by atoms with Gasteiger partial charge in [0.15, 0.2) is 5.82 Å². The molecule has 1 aromatic heterocycles. The fourth-order valence-electron chi connectivity index (χ4n) is 2.68. The van der Waals surface area contributed by atoms with Crippen LogP contribution in [-0.4, -0.2) is 67.4 Å². The number of anilines is 1. The molecule has 0 unspecified atom stereocenters. The summed E-state index contributed by atoms with van der Waals surface area (Å²) in [5, 5.41) is 12.2. The number of methoxy groups -OCH3 is 1. The Balaban J connectivity index is 1.91. The standard InChI is InChI=1S/C18H28N6O5/c1-10(2)21-18(26)29-12-6-15(28-9-12)13-7-16(24-23-13)22-17(25)14(20-3)5-11(19)8-27-4/h5,7,10,12,15H,6,8-9,19H2,1-4H3,(H,21,26)(H2,22,23,24,25)/t12-,15-/m0/s1. The van der Waals surface area contributed by atoms with Crippen LogP contribution in [0.25, 0.3) is 0 Å². The molecule has 160 valence electrons. The zero-order valence-corrected chi connectivity index (χ0v) is 17.0. The summed E-state index contributed by atoms with van der Waals surface area (Å²) in [5.41, 5.74) is 6.93. The van der Waals surface area contributed by atoms with Crippen LogP contribution in [0.15, 0.2) is 22.8 Å². The predicted octanol–water partition coefficient (Wildman–Crippen LogP) is 0.873. The molecular formula is C18H28N6O5. The van der Waals surface area contributed by atoms with Gasteiger partial charge in [0, 0.05) is 38.4 Å². The van der Waals surface area contributed by atoms with E-state index >= 15 is 0 Å². The van der Waals surface area contributed by atoms with E-state index in [0.29, 0.717) is 23.6 Å². The average Bonchev–Trinajstić information content (AvgIpc) is 3.28. The van der Waals surface area contributed by atoms with Crippen molar-refractivity contribution in [1.29, 1.82) is 0 Å². The molecule has 2 rings (SSSR count). The van der Waals surface area contributed by atoms with Crippen molar-refractivity contribution in [1.82, 2.24) is 15.5 Å². The number of alkyl carbamates (subject to hydrolysis) is 1. The number of amides is 2. The lowest BCUT2D eigenvalue weighted by Gasteiger charge is -2.13. The topological polar surface area (TPSA) is 153 Å². The van der Waals surface area contributed by atoms with Gasteiger partial charge in [0.05, 0.1) is 18.9 Å². The maximum atomic E-state index is 12.3. The van der Waals surface area contributed by atoms with Gasteiger partial charge in [-0.15, -0.1) is 0 Å². The highest BCUT2D eigenvalue weighted by Gasteiger charge is 2.31. The van der Waals surface area contributed by atoms with Crippen molar-refractivity contribution in [2.75, 3.05) is 32.7 Å². The number of carbonyl (C=O) groups excluding carboxylic acids is 2. The Labute approximate surface area is 169 Å². The van der Waals surface area contributed by atoms with Crippen LogP contribution in [-0.2, 0) is 19.0 Å². The third-order valence-electron chi connectivity index (χ3n) is 3.93. The van der Waals surface area contributed by atoms with Crippen LogP contribution < -0.4 is 16.4 Å². The fourth-order valence-corrected chi connectivity index (χ4v) is 2.68. The van der Waals surface area contributed by atoms with E-state index in [4.69, 9.17) is 19.9 Å². The summed E-state index contributed by atoms with van der Waals surface area (Å²) in [5.74, 6) is -0.140. The molecule has 2 amide bonds. The molecule has 0 aliphatic carbocycles. The van der Waals surface area contributed by atoms with Crippen LogP contribution in [0.5, 0.6) is 0 Å². The maximum Gasteiger partial charge on any atom is 0.407 e. The molecule has 1 aliphatic rings. The van der Waals surface area contributed by atoms with Gasteiger partial charge < -0.3 is 30.6 Å². The van der Waals surface area contributed by atoms with Gasteiger partial charge >= 0.3 is 6.09 Å². The van der Waals surface area contributed by atoms with Crippen molar-refractivity contribution >= 4 is 23.5 Å². The molecule has 5 N–H and O–H groups in total. The molecule has 0 radical (unpaired) electrons. The number of aromatic amines is 1. The zero-order chi connectivity index (χ0) is 21.4. The van der Waals surface area contributed by atoms with E-state index in [1.165, 1.54) is 20.2 Å². The first kappa shape index (κ1) is 22.4. The monoisotopic (exact) mass is 408 g/mol. The molecule has 11 nitrogen and oxygen atoms in total. The summed E-state index contributed by atoms with van der Waals surface area (Å²) < 4.78 is 15.9. The molecule has 0 aromatic carbocycles. The SMILES string of the molecule is CN=C(C=C(N)COC)C(=O)Nc1cc([C@@H]2C[C@H](OC(=O)NC(C)C)CO2)[nH]n1. The number of aromatic nitrogens is 2. The number of nitrogens with two attached hydrogens (primary N) is 1. The lowest BCUT2D eigenvalue weighted by molar-refractivity contribution is -0.110. The van der Waals surface area contributed by atoms with Crippen molar-refractivity contribution in [3.05, 3.63) is 23.5 Å². The van der Waals surface area contributed by atoms with E-state index in [9.17, 15) is 9.59 Å². The number of hydrogen-bond donors (Lipinski definition) is 4. The molecule has 1 aromatic rings. The minimum Gasteiger partial charge on any atom is -0.444 e.